The van der Waals surface area contributed by atoms with Crippen molar-refractivity contribution in [2.45, 2.75) is 12.6 Å². The summed E-state index contributed by atoms with van der Waals surface area (Å²) in [5, 5.41) is 12.7. The predicted octanol–water partition coefficient (Wildman–Crippen LogP) is 0.155. The van der Waals surface area contributed by atoms with Crippen LogP contribution < -0.4 is 16.4 Å². The van der Waals surface area contributed by atoms with Crippen molar-refractivity contribution >= 4 is 17.6 Å². The van der Waals surface area contributed by atoms with E-state index in [0.29, 0.717) is 11.4 Å². The predicted molar refractivity (Wildman–Crippen MR) is 76.8 cm³/mol. The van der Waals surface area contributed by atoms with Crippen LogP contribution in [-0.2, 0) is 0 Å². The van der Waals surface area contributed by atoms with Crippen molar-refractivity contribution in [3.8, 4) is 0 Å². The number of aromatic amines is 2. The highest BCUT2D eigenvalue weighted by Crippen LogP contribution is 2.05. The van der Waals surface area contributed by atoms with Gasteiger partial charge in [-0.2, -0.15) is 0 Å². The van der Waals surface area contributed by atoms with Crippen molar-refractivity contribution in [3.05, 3.63) is 48.0 Å². The summed E-state index contributed by atoms with van der Waals surface area (Å²) >= 11 is 0. The third-order valence-electron chi connectivity index (χ3n) is 2.95. The normalized spacial score (nSPS) is 10.9. The summed E-state index contributed by atoms with van der Waals surface area (Å²) in [6.45, 7) is 1.44. The molecule has 0 saturated heterocycles. The van der Waals surface area contributed by atoms with Crippen LogP contribution in [0.1, 0.15) is 27.9 Å². The quantitative estimate of drug-likeness (QED) is 0.265. The molecule has 0 aromatic carbocycles. The van der Waals surface area contributed by atoms with Crippen molar-refractivity contribution in [3.63, 3.8) is 0 Å². The first-order valence-corrected chi connectivity index (χ1v) is 6.18. The zero-order chi connectivity index (χ0) is 15.5. The van der Waals surface area contributed by atoms with Crippen molar-refractivity contribution in [2.24, 2.45) is 5.73 Å². The van der Waals surface area contributed by atoms with Gasteiger partial charge in [-0.15, -0.1) is 0 Å². The third-order valence-corrected chi connectivity index (χ3v) is 2.95. The van der Waals surface area contributed by atoms with Crippen molar-refractivity contribution in [1.82, 2.24) is 20.6 Å². The molecular weight excluding hydrogens is 272 g/mol. The molecule has 0 atom stereocenters. The number of hydrogen-bond acceptors (Lipinski definition) is 3. The zero-order valence-electron chi connectivity index (χ0n) is 11.4. The number of nitrogens with one attached hydrogen (secondary N) is 5. The Morgan fingerprint density at radius 1 is 1.10 bits per heavy atom. The number of aromatic nitrogens is 2. The average molecular weight is 288 g/mol. The molecule has 0 aliphatic carbocycles. The Hall–Kier alpha value is -3.03. The van der Waals surface area contributed by atoms with Gasteiger partial charge >= 0.3 is 0 Å². The van der Waals surface area contributed by atoms with Crippen LogP contribution in [-0.4, -0.2) is 33.3 Å². The lowest BCUT2D eigenvalue weighted by Crippen LogP contribution is -2.65. The Morgan fingerprint density at radius 3 is 1.81 bits per heavy atom. The minimum atomic E-state index is -1.50. The molecular formula is C13H16N6O2. The summed E-state index contributed by atoms with van der Waals surface area (Å²) in [6.07, 6.45) is 3.19. The maximum Gasteiger partial charge on any atom is 0.269 e. The molecule has 7 N–H and O–H groups in total. The zero-order valence-corrected chi connectivity index (χ0v) is 11.4. The standard InChI is InChI=1S/C13H16N6O2/c1-13(12(14)15,18-10(20)8-4-2-6-16-8)19-11(21)9-5-3-7-17-9/h2-7,16-17H,1H3,(H3,14,15)(H,18,20)(H,19,21). The van der Waals surface area contributed by atoms with Crippen molar-refractivity contribution < 1.29 is 9.59 Å². The average Bonchev–Trinajstić information content (AvgIpc) is 3.12. The number of carbonyl (C=O) groups is 2. The summed E-state index contributed by atoms with van der Waals surface area (Å²) in [6, 6.07) is 6.47. The highest BCUT2D eigenvalue weighted by molar-refractivity contribution is 6.02. The molecule has 110 valence electrons. The first-order chi connectivity index (χ1) is 9.92. The third kappa shape index (κ3) is 3.11. The molecule has 2 aromatic rings. The SMILES string of the molecule is CC(NC(=O)c1ccc[nH]1)(NC(=O)c1ccc[nH]1)C(=N)N. The first-order valence-electron chi connectivity index (χ1n) is 6.18. The van der Waals surface area contributed by atoms with E-state index >= 15 is 0 Å². The Morgan fingerprint density at radius 2 is 1.52 bits per heavy atom. The van der Waals surface area contributed by atoms with E-state index < -0.39 is 17.5 Å². The number of carbonyl (C=O) groups excluding carboxylic acids is 2. The van der Waals surface area contributed by atoms with E-state index in [1.807, 2.05) is 0 Å². The molecule has 8 heteroatoms. The summed E-state index contributed by atoms with van der Waals surface area (Å²) in [5.74, 6) is -1.35. The maximum absolute atomic E-state index is 12.0. The molecule has 0 unspecified atom stereocenters. The van der Waals surface area contributed by atoms with Gasteiger partial charge in [0.25, 0.3) is 11.8 Å². The van der Waals surface area contributed by atoms with Gasteiger partial charge in [0.05, 0.1) is 0 Å². The van der Waals surface area contributed by atoms with Crippen LogP contribution in [0.25, 0.3) is 0 Å². The molecule has 2 amide bonds. The topological polar surface area (TPSA) is 140 Å². The fraction of sp³-hybridized carbons (Fsp3) is 0.154. The summed E-state index contributed by atoms with van der Waals surface area (Å²) in [7, 11) is 0. The molecule has 0 aliphatic heterocycles. The molecule has 8 nitrogen and oxygen atoms in total. The number of nitrogens with two attached hydrogens (primary N) is 1. The smallest absolute Gasteiger partial charge is 0.269 e. The van der Waals surface area contributed by atoms with Crippen molar-refractivity contribution in [2.75, 3.05) is 0 Å². The maximum atomic E-state index is 12.0. The Labute approximate surface area is 120 Å². The van der Waals surface area contributed by atoms with E-state index in [9.17, 15) is 9.59 Å². The van der Waals surface area contributed by atoms with Crippen LogP contribution >= 0.6 is 0 Å². The fourth-order valence-corrected chi connectivity index (χ4v) is 1.70. The van der Waals surface area contributed by atoms with Gasteiger partial charge in [0.1, 0.15) is 17.2 Å². The first kappa shape index (κ1) is 14.4. The fourth-order valence-electron chi connectivity index (χ4n) is 1.70. The molecule has 2 rings (SSSR count). The lowest BCUT2D eigenvalue weighted by atomic mass is 10.1. The molecule has 2 heterocycles. The largest absolute Gasteiger partial charge is 0.384 e. The molecule has 0 fully saturated rings. The second kappa shape index (κ2) is 5.53. The highest BCUT2D eigenvalue weighted by Gasteiger charge is 2.33. The Kier molecular flexibility index (Phi) is 3.79. The number of rotatable bonds is 5. The molecule has 2 aromatic heterocycles. The number of H-pyrrole nitrogens is 2. The summed E-state index contributed by atoms with van der Waals surface area (Å²) < 4.78 is 0. The Bertz CT molecular complexity index is 596. The van der Waals surface area contributed by atoms with E-state index in [2.05, 4.69) is 20.6 Å². The lowest BCUT2D eigenvalue weighted by molar-refractivity contribution is 0.0858. The molecule has 0 radical (unpaired) electrons. The second-order valence-electron chi connectivity index (χ2n) is 4.61. The number of hydrogen-bond donors (Lipinski definition) is 6. The Balaban J connectivity index is 2.15. The van der Waals surface area contributed by atoms with E-state index in [1.165, 1.54) is 6.92 Å². The lowest BCUT2D eigenvalue weighted by Gasteiger charge is -2.30. The molecule has 0 aliphatic rings. The molecule has 0 bridgehead atoms. The van der Waals surface area contributed by atoms with Crippen LogP contribution in [0.2, 0.25) is 0 Å². The summed E-state index contributed by atoms with van der Waals surface area (Å²) in [4.78, 5) is 29.6. The van der Waals surface area contributed by atoms with Crippen molar-refractivity contribution in [1.29, 1.82) is 5.41 Å². The van der Waals surface area contributed by atoms with Gasteiger partial charge < -0.3 is 26.3 Å². The molecule has 0 saturated carbocycles. The van der Waals surface area contributed by atoms with Gasteiger partial charge in [-0.3, -0.25) is 15.0 Å². The molecule has 21 heavy (non-hydrogen) atoms. The van der Waals surface area contributed by atoms with Crippen LogP contribution in [0.3, 0.4) is 0 Å². The van der Waals surface area contributed by atoms with E-state index in [-0.39, 0.29) is 5.84 Å². The van der Waals surface area contributed by atoms with Crippen LogP contribution in [0, 0.1) is 5.41 Å². The summed E-state index contributed by atoms with van der Waals surface area (Å²) in [5.41, 5.74) is 4.62. The van der Waals surface area contributed by atoms with Gasteiger partial charge in [0.15, 0.2) is 5.66 Å². The van der Waals surface area contributed by atoms with Gasteiger partial charge in [0, 0.05) is 12.4 Å². The minimum absolute atomic E-state index is 0.302. The van der Waals surface area contributed by atoms with Gasteiger partial charge in [-0.05, 0) is 31.2 Å². The minimum Gasteiger partial charge on any atom is -0.384 e. The van der Waals surface area contributed by atoms with Gasteiger partial charge in [-0.1, -0.05) is 0 Å². The van der Waals surface area contributed by atoms with E-state index in [0.717, 1.165) is 0 Å². The van der Waals surface area contributed by atoms with Gasteiger partial charge in [0.2, 0.25) is 0 Å². The van der Waals surface area contributed by atoms with E-state index in [4.69, 9.17) is 11.1 Å². The van der Waals surface area contributed by atoms with Crippen LogP contribution in [0.5, 0.6) is 0 Å². The van der Waals surface area contributed by atoms with Crippen LogP contribution in [0.4, 0.5) is 0 Å². The molecule has 0 spiro atoms. The van der Waals surface area contributed by atoms with Crippen LogP contribution in [0.15, 0.2) is 36.7 Å². The van der Waals surface area contributed by atoms with Gasteiger partial charge in [-0.25, -0.2) is 0 Å². The second-order valence-corrected chi connectivity index (χ2v) is 4.61. The number of amidine groups is 1. The number of amides is 2. The highest BCUT2D eigenvalue weighted by atomic mass is 16.2. The monoisotopic (exact) mass is 288 g/mol. The van der Waals surface area contributed by atoms with E-state index in [1.54, 1.807) is 36.7 Å².